The van der Waals surface area contributed by atoms with Gasteiger partial charge in [0.15, 0.2) is 5.71 Å². The summed E-state index contributed by atoms with van der Waals surface area (Å²) in [6.07, 6.45) is 0. The van der Waals surface area contributed by atoms with Crippen LogP contribution in [0.1, 0.15) is 5.56 Å². The Balaban J connectivity index is 1.53. The van der Waals surface area contributed by atoms with Crippen molar-refractivity contribution in [3.63, 3.8) is 0 Å². The molecule has 0 aromatic heterocycles. The van der Waals surface area contributed by atoms with Crippen molar-refractivity contribution in [1.82, 2.24) is 5.43 Å². The van der Waals surface area contributed by atoms with Gasteiger partial charge < -0.3 is 4.74 Å². The van der Waals surface area contributed by atoms with Crippen molar-refractivity contribution in [2.75, 3.05) is 4.90 Å². The third-order valence-corrected chi connectivity index (χ3v) is 4.81. The minimum atomic E-state index is -1.13. The van der Waals surface area contributed by atoms with Crippen LogP contribution >= 0.6 is 11.6 Å². The van der Waals surface area contributed by atoms with E-state index in [2.05, 4.69) is 10.5 Å². The first kappa shape index (κ1) is 18.1. The van der Waals surface area contributed by atoms with Gasteiger partial charge in [0.2, 0.25) is 5.91 Å². The van der Waals surface area contributed by atoms with E-state index in [1.807, 2.05) is 6.07 Å². The number of halogens is 2. The number of benzene rings is 2. The second-order valence-electron chi connectivity index (χ2n) is 6.25. The van der Waals surface area contributed by atoms with E-state index >= 15 is 0 Å². The number of hydrazone groups is 1. The first-order chi connectivity index (χ1) is 13.5. The standard InChI is InChI=1S/C19H13ClFN3O4/c20-12-7-6-11(8-13(12)21)24-17(25)14-15(18(24)26)22-23-16(14)19(27)28-9-10-4-2-1-3-5-10/h1-8,14-15,22H,9H2/t14-,15+/m1/s1. The number of carbonyl (C=O) groups excluding carboxylic acids is 3. The smallest absolute Gasteiger partial charge is 0.355 e. The highest BCUT2D eigenvalue weighted by Gasteiger charge is 2.55. The maximum atomic E-state index is 13.7. The Hall–Kier alpha value is -3.26. The minimum Gasteiger partial charge on any atom is -0.456 e. The number of amides is 2. The van der Waals surface area contributed by atoms with E-state index in [0.29, 0.717) is 0 Å². The molecular weight excluding hydrogens is 389 g/mol. The fourth-order valence-corrected chi connectivity index (χ4v) is 3.25. The normalized spacial score (nSPS) is 20.6. The van der Waals surface area contributed by atoms with Crippen LogP contribution < -0.4 is 10.3 Å². The number of ether oxygens (including phenoxy) is 1. The lowest BCUT2D eigenvalue weighted by Gasteiger charge is -2.16. The van der Waals surface area contributed by atoms with Crippen molar-refractivity contribution in [2.45, 2.75) is 12.6 Å². The highest BCUT2D eigenvalue weighted by molar-refractivity contribution is 6.46. The molecule has 0 radical (unpaired) electrons. The fourth-order valence-electron chi connectivity index (χ4n) is 3.13. The van der Waals surface area contributed by atoms with Crippen molar-refractivity contribution >= 4 is 40.8 Å². The Kier molecular flexibility index (Phi) is 4.56. The van der Waals surface area contributed by atoms with Gasteiger partial charge in [-0.3, -0.25) is 15.0 Å². The number of hydrogen-bond donors (Lipinski definition) is 1. The maximum Gasteiger partial charge on any atom is 0.355 e. The summed E-state index contributed by atoms with van der Waals surface area (Å²) in [5.74, 6) is -4.01. The molecule has 2 aromatic carbocycles. The number of nitrogens with zero attached hydrogens (tertiary/aromatic N) is 2. The van der Waals surface area contributed by atoms with Gasteiger partial charge >= 0.3 is 5.97 Å². The third-order valence-electron chi connectivity index (χ3n) is 4.51. The van der Waals surface area contributed by atoms with Crippen LogP contribution in [0, 0.1) is 11.7 Å². The van der Waals surface area contributed by atoms with Crippen molar-refractivity contribution in [3.8, 4) is 0 Å². The monoisotopic (exact) mass is 401 g/mol. The fraction of sp³-hybridized carbons (Fsp3) is 0.158. The Bertz CT molecular complexity index is 1010. The van der Waals surface area contributed by atoms with Gasteiger partial charge in [-0.25, -0.2) is 14.1 Å². The molecule has 0 spiro atoms. The van der Waals surface area contributed by atoms with E-state index in [4.69, 9.17) is 16.3 Å². The number of anilines is 1. The van der Waals surface area contributed by atoms with Gasteiger partial charge in [-0.1, -0.05) is 41.9 Å². The molecule has 28 heavy (non-hydrogen) atoms. The Labute approximate surface area is 163 Å². The number of esters is 1. The summed E-state index contributed by atoms with van der Waals surface area (Å²) in [6, 6.07) is 11.6. The second-order valence-corrected chi connectivity index (χ2v) is 6.66. The zero-order valence-corrected chi connectivity index (χ0v) is 15.0. The van der Waals surface area contributed by atoms with Gasteiger partial charge in [0.25, 0.3) is 5.91 Å². The van der Waals surface area contributed by atoms with E-state index in [0.717, 1.165) is 16.5 Å². The third kappa shape index (κ3) is 3.01. The minimum absolute atomic E-state index is 0.00429. The first-order valence-electron chi connectivity index (χ1n) is 8.34. The molecule has 4 rings (SSSR count). The highest BCUT2D eigenvalue weighted by atomic mass is 35.5. The lowest BCUT2D eigenvalue weighted by atomic mass is 9.99. The SMILES string of the molecule is O=C(OCc1ccccc1)C1=NN[C@@H]2C(=O)N(c3ccc(Cl)c(F)c3)C(=O)[C@@H]12. The summed E-state index contributed by atoms with van der Waals surface area (Å²) in [4.78, 5) is 38.6. The highest BCUT2D eigenvalue weighted by Crippen LogP contribution is 2.32. The molecule has 0 aliphatic carbocycles. The van der Waals surface area contributed by atoms with Crippen molar-refractivity contribution in [3.05, 3.63) is 64.9 Å². The van der Waals surface area contributed by atoms with Crippen LogP contribution in [-0.4, -0.2) is 29.5 Å². The first-order valence-corrected chi connectivity index (χ1v) is 8.72. The molecule has 2 aliphatic heterocycles. The van der Waals surface area contributed by atoms with Gasteiger partial charge in [0.05, 0.1) is 10.7 Å². The molecule has 9 heteroatoms. The lowest BCUT2D eigenvalue weighted by molar-refractivity contribution is -0.137. The van der Waals surface area contributed by atoms with Crippen molar-refractivity contribution in [1.29, 1.82) is 0 Å². The molecular formula is C19H13ClFN3O4. The van der Waals surface area contributed by atoms with Gasteiger partial charge in [-0.05, 0) is 23.8 Å². The molecule has 2 aromatic rings. The largest absolute Gasteiger partial charge is 0.456 e. The number of fused-ring (bicyclic) bond motifs is 1. The number of nitrogens with one attached hydrogen (secondary N) is 1. The average Bonchev–Trinajstić information content (AvgIpc) is 3.24. The predicted molar refractivity (Wildman–Crippen MR) is 98.0 cm³/mol. The van der Waals surface area contributed by atoms with E-state index in [-0.39, 0.29) is 23.0 Å². The topological polar surface area (TPSA) is 88.1 Å². The Morgan fingerprint density at radius 2 is 1.93 bits per heavy atom. The van der Waals surface area contributed by atoms with Crippen LogP contribution in [0.3, 0.4) is 0 Å². The van der Waals surface area contributed by atoms with Crippen molar-refractivity contribution in [2.24, 2.45) is 11.0 Å². The summed E-state index contributed by atoms with van der Waals surface area (Å²) in [7, 11) is 0. The van der Waals surface area contributed by atoms with E-state index in [1.54, 1.807) is 24.3 Å². The van der Waals surface area contributed by atoms with E-state index in [1.165, 1.54) is 12.1 Å². The van der Waals surface area contributed by atoms with Crippen LogP contribution in [0.15, 0.2) is 53.6 Å². The zero-order valence-electron chi connectivity index (χ0n) is 14.3. The predicted octanol–water partition coefficient (Wildman–Crippen LogP) is 2.04. The summed E-state index contributed by atoms with van der Waals surface area (Å²) in [5, 5.41) is 3.69. The maximum absolute atomic E-state index is 13.7. The number of imide groups is 1. The van der Waals surface area contributed by atoms with Crippen LogP contribution in [0.4, 0.5) is 10.1 Å². The van der Waals surface area contributed by atoms with Crippen LogP contribution in [0.25, 0.3) is 0 Å². The number of rotatable bonds is 4. The summed E-state index contributed by atoms with van der Waals surface area (Å²) >= 11 is 5.65. The van der Waals surface area contributed by atoms with Gasteiger partial charge in [-0.15, -0.1) is 0 Å². The van der Waals surface area contributed by atoms with Gasteiger partial charge in [0, 0.05) is 0 Å². The quantitative estimate of drug-likeness (QED) is 0.625. The molecule has 1 fully saturated rings. The zero-order chi connectivity index (χ0) is 19.8. The summed E-state index contributed by atoms with van der Waals surface area (Å²) in [5.41, 5.74) is 3.13. The van der Waals surface area contributed by atoms with E-state index in [9.17, 15) is 18.8 Å². The van der Waals surface area contributed by atoms with Gasteiger partial charge in [-0.2, -0.15) is 5.10 Å². The summed E-state index contributed by atoms with van der Waals surface area (Å²) in [6.45, 7) is 0.00429. The Morgan fingerprint density at radius 3 is 2.64 bits per heavy atom. The van der Waals surface area contributed by atoms with Crippen LogP contribution in [-0.2, 0) is 25.7 Å². The number of carbonyl (C=O) groups is 3. The number of hydrogen-bond acceptors (Lipinski definition) is 6. The average molecular weight is 402 g/mol. The van der Waals surface area contributed by atoms with Crippen molar-refractivity contribution < 1.29 is 23.5 Å². The molecule has 1 saturated heterocycles. The Morgan fingerprint density at radius 1 is 1.18 bits per heavy atom. The molecule has 0 unspecified atom stereocenters. The van der Waals surface area contributed by atoms with Gasteiger partial charge in [0.1, 0.15) is 24.4 Å². The van der Waals surface area contributed by atoms with Crippen LogP contribution in [0.2, 0.25) is 5.02 Å². The molecule has 142 valence electrons. The molecule has 2 heterocycles. The van der Waals surface area contributed by atoms with E-state index < -0.39 is 35.6 Å². The summed E-state index contributed by atoms with van der Waals surface area (Å²) < 4.78 is 19.0. The molecule has 7 nitrogen and oxygen atoms in total. The molecule has 0 saturated carbocycles. The second kappa shape index (κ2) is 7.05. The molecule has 2 atom stereocenters. The molecule has 1 N–H and O–H groups in total. The molecule has 2 amide bonds. The lowest BCUT2D eigenvalue weighted by Crippen LogP contribution is -2.36. The molecule has 0 bridgehead atoms. The van der Waals surface area contributed by atoms with Crippen LogP contribution in [0.5, 0.6) is 0 Å². The molecule has 2 aliphatic rings.